The summed E-state index contributed by atoms with van der Waals surface area (Å²) in [5.74, 6) is 0. The second kappa shape index (κ2) is 2.87. The van der Waals surface area contributed by atoms with Crippen molar-refractivity contribution in [3.05, 3.63) is 46.8 Å². The zero-order valence-corrected chi connectivity index (χ0v) is 12.5. The molecule has 0 N–H and O–H groups in total. The lowest BCUT2D eigenvalue weighted by Gasteiger charge is -2.20. The fraction of sp³-hybridized carbons (Fsp3) is 0.286. The average molecular weight is 242 g/mol. The van der Waals surface area contributed by atoms with Gasteiger partial charge in [-0.05, 0) is 15.9 Å². The van der Waals surface area contributed by atoms with Gasteiger partial charge in [0.25, 0.3) is 0 Å². The third-order valence-corrected chi connectivity index (χ3v) is 10.7. The number of hydrogen-bond acceptors (Lipinski definition) is 0. The molecule has 0 aromatic heterocycles. The monoisotopic (exact) mass is 242 g/mol. The van der Waals surface area contributed by atoms with Crippen LogP contribution in [0.2, 0.25) is 26.2 Å². The van der Waals surface area contributed by atoms with Crippen LogP contribution in [0.4, 0.5) is 0 Å². The first-order valence-corrected chi connectivity index (χ1v) is 12.1. The topological polar surface area (TPSA) is 0 Å². The largest absolute Gasteiger partial charge is 0.112 e. The molecule has 0 fully saturated rings. The lowest BCUT2D eigenvalue weighted by Crippen LogP contribution is -2.41. The quantitative estimate of drug-likeness (QED) is 0.613. The number of fused-ring (bicyclic) bond motifs is 2. The van der Waals surface area contributed by atoms with Gasteiger partial charge in [-0.15, -0.1) is 0 Å². The number of hydrogen-bond donors (Lipinski definition) is 0. The van der Waals surface area contributed by atoms with Crippen LogP contribution in [0.25, 0.3) is 5.20 Å². The highest BCUT2D eigenvalue weighted by molar-refractivity contribution is 7.09. The molecule has 16 heavy (non-hydrogen) atoms. The first-order chi connectivity index (χ1) is 7.44. The van der Waals surface area contributed by atoms with Crippen LogP contribution in [0.15, 0.2) is 41.2 Å². The molecule has 1 aromatic carbocycles. The summed E-state index contributed by atoms with van der Waals surface area (Å²) in [4.78, 5) is 0. The SMILES string of the molecule is C[Si]1(C)C=CC2=C1c1ccccc1[Si]2(C)C. The maximum atomic E-state index is 2.52. The number of allylic oxidation sites excluding steroid dienone is 2. The third-order valence-electron chi connectivity index (χ3n) is 4.12. The van der Waals surface area contributed by atoms with Crippen molar-refractivity contribution in [2.75, 3.05) is 0 Å². The zero-order chi connectivity index (χ0) is 11.6. The summed E-state index contributed by atoms with van der Waals surface area (Å²) in [7, 11) is -2.63. The molecule has 0 saturated carbocycles. The molecule has 2 aliphatic heterocycles. The van der Waals surface area contributed by atoms with E-state index >= 15 is 0 Å². The highest BCUT2D eigenvalue weighted by Gasteiger charge is 2.45. The van der Waals surface area contributed by atoms with E-state index in [0.717, 1.165) is 0 Å². The summed E-state index contributed by atoms with van der Waals surface area (Å²) in [6.07, 6.45) is 2.45. The highest BCUT2D eigenvalue weighted by atomic mass is 28.3. The van der Waals surface area contributed by atoms with E-state index in [1.807, 2.05) is 0 Å². The molecule has 1 aromatic rings. The van der Waals surface area contributed by atoms with E-state index in [1.54, 1.807) is 21.1 Å². The van der Waals surface area contributed by atoms with Gasteiger partial charge in [0.05, 0.1) is 0 Å². The summed E-state index contributed by atoms with van der Waals surface area (Å²) < 4.78 is 0. The standard InChI is InChI=1S/C14H18Si2/c1-15(2)10-9-13-14(15)11-7-5-6-8-12(11)16(13,3)4/h5-10H,1-4H3. The number of rotatable bonds is 0. The van der Waals surface area contributed by atoms with E-state index in [1.165, 1.54) is 0 Å². The first kappa shape index (κ1) is 10.3. The van der Waals surface area contributed by atoms with Crippen molar-refractivity contribution < 1.29 is 0 Å². The van der Waals surface area contributed by atoms with Crippen molar-refractivity contribution in [1.82, 2.24) is 0 Å². The Bertz CT molecular complexity index is 533. The van der Waals surface area contributed by atoms with Crippen LogP contribution in [0.5, 0.6) is 0 Å². The fourth-order valence-corrected chi connectivity index (χ4v) is 10.8. The molecular formula is C14H18Si2. The second-order valence-corrected chi connectivity index (χ2v) is 14.6. The second-order valence-electron chi connectivity index (χ2n) is 6.01. The van der Waals surface area contributed by atoms with Crippen molar-refractivity contribution in [1.29, 1.82) is 0 Å². The van der Waals surface area contributed by atoms with Crippen LogP contribution >= 0.6 is 0 Å². The summed E-state index contributed by atoms with van der Waals surface area (Å²) >= 11 is 0. The van der Waals surface area contributed by atoms with E-state index in [2.05, 4.69) is 62.2 Å². The van der Waals surface area contributed by atoms with Crippen LogP contribution < -0.4 is 5.19 Å². The maximum Gasteiger partial charge on any atom is 0.112 e. The fourth-order valence-electron chi connectivity index (χ4n) is 3.21. The maximum absolute atomic E-state index is 2.52. The molecule has 2 heteroatoms. The summed E-state index contributed by atoms with van der Waals surface area (Å²) in [5.41, 5.74) is 4.10. The normalized spacial score (nSPS) is 23.5. The minimum absolute atomic E-state index is 1.28. The van der Waals surface area contributed by atoms with Gasteiger partial charge in [-0.1, -0.05) is 67.4 Å². The van der Waals surface area contributed by atoms with E-state index in [4.69, 9.17) is 0 Å². The first-order valence-electron chi connectivity index (χ1n) is 5.99. The van der Waals surface area contributed by atoms with Gasteiger partial charge in [0, 0.05) is 0 Å². The smallest absolute Gasteiger partial charge is 0.0904 e. The Morgan fingerprint density at radius 2 is 1.62 bits per heavy atom. The predicted octanol–water partition coefficient (Wildman–Crippen LogP) is 3.27. The van der Waals surface area contributed by atoms with Crippen molar-refractivity contribution in [3.8, 4) is 0 Å². The molecule has 2 heterocycles. The lowest BCUT2D eigenvalue weighted by atomic mass is 10.2. The van der Waals surface area contributed by atoms with Crippen LogP contribution in [-0.2, 0) is 0 Å². The van der Waals surface area contributed by atoms with Gasteiger partial charge >= 0.3 is 0 Å². The van der Waals surface area contributed by atoms with Crippen molar-refractivity contribution in [3.63, 3.8) is 0 Å². The molecule has 2 aliphatic rings. The Labute approximate surface area is 99.7 Å². The number of benzene rings is 1. The molecule has 0 amide bonds. The predicted molar refractivity (Wildman–Crippen MR) is 77.1 cm³/mol. The van der Waals surface area contributed by atoms with E-state index in [-0.39, 0.29) is 0 Å². The Kier molecular flexibility index (Phi) is 1.85. The molecule has 0 spiro atoms. The summed E-state index contributed by atoms with van der Waals surface area (Å²) in [6.45, 7) is 9.93. The summed E-state index contributed by atoms with van der Waals surface area (Å²) in [5, 5.41) is 5.11. The van der Waals surface area contributed by atoms with Crippen molar-refractivity contribution in [2.24, 2.45) is 0 Å². The minimum Gasteiger partial charge on any atom is -0.0904 e. The Morgan fingerprint density at radius 3 is 2.38 bits per heavy atom. The highest BCUT2D eigenvalue weighted by Crippen LogP contribution is 2.43. The molecule has 0 saturated heterocycles. The molecule has 82 valence electrons. The Morgan fingerprint density at radius 1 is 0.938 bits per heavy atom. The molecule has 0 aliphatic carbocycles. The Hall–Kier alpha value is -0.866. The molecule has 0 bridgehead atoms. The lowest BCUT2D eigenvalue weighted by molar-refractivity contribution is 1.68. The van der Waals surface area contributed by atoms with E-state index in [0.29, 0.717) is 0 Å². The van der Waals surface area contributed by atoms with Gasteiger partial charge in [-0.25, -0.2) is 0 Å². The summed E-state index contributed by atoms with van der Waals surface area (Å²) in [6, 6.07) is 9.10. The minimum atomic E-state index is -1.35. The van der Waals surface area contributed by atoms with Gasteiger partial charge < -0.3 is 0 Å². The van der Waals surface area contributed by atoms with Crippen LogP contribution in [0, 0.1) is 0 Å². The molecular weight excluding hydrogens is 224 g/mol. The van der Waals surface area contributed by atoms with E-state index in [9.17, 15) is 0 Å². The molecule has 3 rings (SSSR count). The van der Waals surface area contributed by atoms with Gasteiger partial charge in [-0.3, -0.25) is 0 Å². The van der Waals surface area contributed by atoms with Gasteiger partial charge in [0.1, 0.15) is 16.1 Å². The van der Waals surface area contributed by atoms with E-state index < -0.39 is 16.1 Å². The van der Waals surface area contributed by atoms with Gasteiger partial charge in [-0.2, -0.15) is 0 Å². The molecule has 0 nitrogen and oxygen atoms in total. The van der Waals surface area contributed by atoms with Gasteiger partial charge in [0.2, 0.25) is 0 Å². The molecule has 0 unspecified atom stereocenters. The average Bonchev–Trinajstić information content (AvgIpc) is 2.65. The third kappa shape index (κ3) is 1.09. The zero-order valence-electron chi connectivity index (χ0n) is 10.5. The molecule has 0 radical (unpaired) electrons. The van der Waals surface area contributed by atoms with Gasteiger partial charge in [0.15, 0.2) is 0 Å². The van der Waals surface area contributed by atoms with Crippen LogP contribution in [-0.4, -0.2) is 16.1 Å². The Balaban J connectivity index is 2.34. The van der Waals surface area contributed by atoms with Crippen LogP contribution in [0.3, 0.4) is 0 Å². The van der Waals surface area contributed by atoms with Crippen molar-refractivity contribution in [2.45, 2.75) is 26.2 Å². The van der Waals surface area contributed by atoms with Crippen LogP contribution in [0.1, 0.15) is 5.56 Å². The van der Waals surface area contributed by atoms with Crippen molar-refractivity contribution >= 4 is 26.5 Å². The molecule has 0 atom stereocenters.